The van der Waals surface area contributed by atoms with Gasteiger partial charge in [-0.2, -0.15) is 13.2 Å². The second-order valence-corrected chi connectivity index (χ2v) is 19.3. The van der Waals surface area contributed by atoms with Gasteiger partial charge in [-0.3, -0.25) is 9.69 Å². The molecule has 6 aliphatic rings. The maximum Gasteiger partial charge on any atom is 0.451 e. The summed E-state index contributed by atoms with van der Waals surface area (Å²) in [6, 6.07) is 15.2. The first kappa shape index (κ1) is 48.9. The fraction of sp³-hybridized carbons (Fsp3) is 0.653. The van der Waals surface area contributed by atoms with E-state index >= 15 is 0 Å². The van der Waals surface area contributed by atoms with Gasteiger partial charge in [0.1, 0.15) is 17.7 Å². The second kappa shape index (κ2) is 21.7. The number of nitrogens with one attached hydrogen (secondary N) is 1. The second-order valence-electron chi connectivity index (χ2n) is 19.3. The number of phenolic OH excluding ortho intramolecular Hbond substituents is 1. The Kier molecular flexibility index (Phi) is 16.3. The van der Waals surface area contributed by atoms with E-state index in [0.717, 1.165) is 95.1 Å². The number of piperazine rings is 1. The maximum atomic E-state index is 12.1. The van der Waals surface area contributed by atoms with E-state index in [-0.39, 0.29) is 29.3 Å². The Labute approximate surface area is 381 Å². The third-order valence-electron chi connectivity index (χ3n) is 15.2. The van der Waals surface area contributed by atoms with E-state index < -0.39 is 24.2 Å². The first-order chi connectivity index (χ1) is 31.1. The highest BCUT2D eigenvalue weighted by atomic mass is 19.4. The third-order valence-corrected chi connectivity index (χ3v) is 15.2. The number of carbonyl (C=O) groups excluding carboxylic acids is 1. The van der Waals surface area contributed by atoms with Crippen molar-refractivity contribution in [3.63, 3.8) is 0 Å². The molecule has 0 bridgehead atoms. The minimum atomic E-state index is -4.52. The van der Waals surface area contributed by atoms with Gasteiger partial charge < -0.3 is 46.0 Å². The van der Waals surface area contributed by atoms with Crippen molar-refractivity contribution in [3.8, 4) is 5.75 Å². The highest BCUT2D eigenvalue weighted by Crippen LogP contribution is 2.61. The summed E-state index contributed by atoms with van der Waals surface area (Å²) in [5.41, 5.74) is 9.93. The van der Waals surface area contributed by atoms with Crippen LogP contribution in [0.2, 0.25) is 0 Å². The zero-order valence-corrected chi connectivity index (χ0v) is 38.0. The van der Waals surface area contributed by atoms with Gasteiger partial charge in [0.25, 0.3) is 5.91 Å². The van der Waals surface area contributed by atoms with Gasteiger partial charge in [0.05, 0.1) is 18.3 Å². The Morgan fingerprint density at radius 3 is 2.28 bits per heavy atom. The number of carbonyl (C=O) groups is 1. The Morgan fingerprint density at radius 1 is 0.908 bits per heavy atom. The average Bonchev–Trinajstić information content (AvgIpc) is 3.61. The van der Waals surface area contributed by atoms with Crippen LogP contribution in [0.3, 0.4) is 0 Å². The van der Waals surface area contributed by atoms with Crippen molar-refractivity contribution in [3.05, 3.63) is 77.2 Å². The molecule has 13 nitrogen and oxygen atoms in total. The summed E-state index contributed by atoms with van der Waals surface area (Å²) in [5, 5.41) is 43.0. The van der Waals surface area contributed by atoms with Gasteiger partial charge in [0, 0.05) is 83.0 Å². The van der Waals surface area contributed by atoms with Crippen molar-refractivity contribution in [1.29, 1.82) is 0 Å². The molecule has 9 rings (SSSR count). The van der Waals surface area contributed by atoms with Crippen LogP contribution in [-0.2, 0) is 17.3 Å². The molecule has 8 atom stereocenters. The number of halogens is 3. The van der Waals surface area contributed by atoms with Crippen LogP contribution in [0.5, 0.6) is 5.75 Å². The molecule has 0 spiro atoms. The fourth-order valence-corrected chi connectivity index (χ4v) is 11.4. The molecule has 3 aliphatic carbocycles. The molecule has 8 unspecified atom stereocenters. The number of benzene rings is 2. The smallest absolute Gasteiger partial charge is 0.451 e. The van der Waals surface area contributed by atoms with Gasteiger partial charge in [-0.05, 0) is 147 Å². The summed E-state index contributed by atoms with van der Waals surface area (Å²) in [6.45, 7) is 13.7. The molecule has 4 heterocycles. The molecule has 2 aromatic carbocycles. The zero-order valence-electron chi connectivity index (χ0n) is 38.0. The third kappa shape index (κ3) is 12.1. The number of aliphatic hydroxyl groups excluding tert-OH is 3. The van der Waals surface area contributed by atoms with Crippen LogP contribution in [-0.4, -0.2) is 136 Å². The number of nitrogens with zero attached hydrogens (tertiary/aromatic N) is 5. The van der Waals surface area contributed by atoms with E-state index in [1.807, 2.05) is 24.3 Å². The molecule has 1 aromatic heterocycles. The molecule has 1 amide bonds. The lowest BCUT2D eigenvalue weighted by atomic mass is 9.55. The number of ether oxygens (including phenoxy) is 1. The Balaban J connectivity index is 0.000000169. The van der Waals surface area contributed by atoms with Crippen LogP contribution < -0.4 is 16.0 Å². The van der Waals surface area contributed by atoms with Crippen molar-refractivity contribution in [2.75, 3.05) is 76.1 Å². The minimum Gasteiger partial charge on any atom is -0.508 e. The van der Waals surface area contributed by atoms with Gasteiger partial charge >= 0.3 is 6.18 Å². The standard InChI is InChI=1S/C26H42N4O4.C18H24O2.C5H4F3N3/c1-2-10-27-26(33)21-3-5-22(6-4-21)30-11-7-20(8-12-30)18-28-13-15-29(16-14-28)19-24-25(32)23(31)9-17-34-24;1-18-9-8-14-13-5-3-12(19)10-11(13)2-4-15(14)16(18)6-7-17(18)20;6-5(7,8)4-10-2-1-3(9)11-4/h3-6,20,23-25,31-32H,2,7-19H2,1H3,(H,27,33);3,5,10,14-17,19-20H,2,4,6-9H2,1H3;1-2H,(H2,9,10,11). The van der Waals surface area contributed by atoms with E-state index in [9.17, 15) is 38.4 Å². The number of aryl methyl sites for hydroxylation is 1. The van der Waals surface area contributed by atoms with E-state index in [1.165, 1.54) is 55.0 Å². The summed E-state index contributed by atoms with van der Waals surface area (Å²) in [4.78, 5) is 25.5. The largest absolute Gasteiger partial charge is 0.508 e. The van der Waals surface area contributed by atoms with Gasteiger partial charge in [-0.25, -0.2) is 9.97 Å². The van der Waals surface area contributed by atoms with Gasteiger partial charge in [0.2, 0.25) is 5.82 Å². The number of aromatic hydroxyl groups is 1. The van der Waals surface area contributed by atoms with Gasteiger partial charge in [-0.15, -0.1) is 0 Å². The fourth-order valence-electron chi connectivity index (χ4n) is 11.4. The van der Waals surface area contributed by atoms with Crippen molar-refractivity contribution in [2.45, 2.75) is 115 Å². The molecule has 3 saturated heterocycles. The lowest BCUT2D eigenvalue weighted by Gasteiger charge is -2.50. The van der Waals surface area contributed by atoms with Crippen LogP contribution in [0.4, 0.5) is 24.7 Å². The molecule has 2 saturated carbocycles. The van der Waals surface area contributed by atoms with Crippen molar-refractivity contribution in [1.82, 2.24) is 25.1 Å². The molecule has 0 radical (unpaired) electrons. The van der Waals surface area contributed by atoms with Crippen LogP contribution in [0.25, 0.3) is 0 Å². The predicted molar refractivity (Wildman–Crippen MR) is 243 cm³/mol. The number of nitrogens with two attached hydrogens (primary N) is 1. The van der Waals surface area contributed by atoms with Gasteiger partial charge in [0.15, 0.2) is 0 Å². The van der Waals surface area contributed by atoms with Crippen molar-refractivity contribution in [2.24, 2.45) is 23.2 Å². The molecular formula is C49H70F3N7O6. The number of anilines is 2. The topological polar surface area (TPSA) is 181 Å². The molecular weight excluding hydrogens is 840 g/mol. The summed E-state index contributed by atoms with van der Waals surface area (Å²) in [5.74, 6) is 1.82. The SMILES string of the molecule is CC12CCC3c4ccc(O)cc4CCC3C1CCC2O.CCCNC(=O)c1ccc(N2CCC(CN3CCN(CC4OCCC(O)C4O)CC3)CC2)cc1.Nc1ccnc(C(F)(F)F)n1. The van der Waals surface area contributed by atoms with E-state index in [2.05, 4.69) is 62.0 Å². The molecule has 16 heteroatoms. The van der Waals surface area contributed by atoms with E-state index in [1.54, 1.807) is 0 Å². The van der Waals surface area contributed by atoms with E-state index in [4.69, 9.17) is 10.5 Å². The summed E-state index contributed by atoms with van der Waals surface area (Å²) < 4.78 is 41.1. The molecule has 3 aromatic rings. The van der Waals surface area contributed by atoms with Crippen LogP contribution >= 0.6 is 0 Å². The number of phenols is 1. The highest BCUT2D eigenvalue weighted by molar-refractivity contribution is 5.94. The van der Waals surface area contributed by atoms with Crippen LogP contribution in [0.15, 0.2) is 54.7 Å². The predicted octanol–water partition coefficient (Wildman–Crippen LogP) is 5.86. The molecule has 5 fully saturated rings. The molecule has 7 N–H and O–H groups in total. The van der Waals surface area contributed by atoms with E-state index in [0.29, 0.717) is 43.7 Å². The maximum absolute atomic E-state index is 12.1. The quantitative estimate of drug-likeness (QED) is 0.159. The van der Waals surface area contributed by atoms with Gasteiger partial charge in [-0.1, -0.05) is 19.9 Å². The Morgan fingerprint density at radius 2 is 1.62 bits per heavy atom. The number of hydrogen-bond donors (Lipinski definition) is 6. The highest BCUT2D eigenvalue weighted by Gasteiger charge is 2.54. The lowest BCUT2D eigenvalue weighted by molar-refractivity contribution is -0.144. The zero-order chi connectivity index (χ0) is 46.3. The van der Waals surface area contributed by atoms with Crippen molar-refractivity contribution >= 4 is 17.4 Å². The molecule has 3 aliphatic heterocycles. The number of aliphatic hydroxyl groups is 3. The summed E-state index contributed by atoms with van der Waals surface area (Å²) in [6.07, 6.45) is 5.37. The first-order valence-electron chi connectivity index (χ1n) is 23.8. The van der Waals surface area contributed by atoms with Crippen LogP contribution in [0.1, 0.15) is 105 Å². The van der Waals surface area contributed by atoms with Crippen LogP contribution in [0, 0.1) is 23.2 Å². The Hall–Kier alpha value is -4.06. The number of alkyl halides is 3. The first-order valence-corrected chi connectivity index (χ1v) is 23.8. The number of aromatic nitrogens is 2. The average molecular weight is 910 g/mol. The number of rotatable bonds is 8. The number of piperidine rings is 1. The summed E-state index contributed by atoms with van der Waals surface area (Å²) >= 11 is 0. The monoisotopic (exact) mass is 910 g/mol. The Bertz CT molecular complexity index is 2000. The number of amides is 1. The number of hydrogen-bond acceptors (Lipinski definition) is 12. The lowest BCUT2D eigenvalue weighted by Crippen LogP contribution is -2.54. The summed E-state index contributed by atoms with van der Waals surface area (Å²) in [7, 11) is 0. The molecule has 65 heavy (non-hydrogen) atoms. The normalized spacial score (nSPS) is 29.5. The van der Waals surface area contributed by atoms with Crippen molar-refractivity contribution < 1.29 is 43.1 Å². The molecule has 358 valence electrons. The number of fused-ring (bicyclic) bond motifs is 5. The minimum absolute atomic E-state index is 0.00671. The number of nitrogen functional groups attached to an aromatic ring is 1.